The molecule has 4 heteroatoms. The molecule has 1 amide bonds. The van der Waals surface area contributed by atoms with E-state index in [-0.39, 0.29) is 11.9 Å². The zero-order chi connectivity index (χ0) is 15.1. The maximum absolute atomic E-state index is 12.0. The fourth-order valence-electron chi connectivity index (χ4n) is 2.69. The van der Waals surface area contributed by atoms with E-state index in [1.807, 2.05) is 18.2 Å². The number of carbonyl (C=O) groups is 2. The standard InChI is InChI=1S/C17H23NO3/c1-13(17(20)18-15-10-6-3-7-11-15)21-16(19)12-14-8-4-2-5-9-14/h3,6-7,10-11,13-14H,2,4-5,8-9,12H2,1H3,(H,18,20). The van der Waals surface area contributed by atoms with Crippen LogP contribution in [0.3, 0.4) is 0 Å². The van der Waals surface area contributed by atoms with Crippen LogP contribution in [0.4, 0.5) is 5.69 Å². The second-order valence-corrected chi connectivity index (χ2v) is 5.70. The molecule has 1 aliphatic carbocycles. The van der Waals surface area contributed by atoms with Gasteiger partial charge in [0.2, 0.25) is 0 Å². The maximum Gasteiger partial charge on any atom is 0.306 e. The molecule has 1 N–H and O–H groups in total. The van der Waals surface area contributed by atoms with Crippen molar-refractivity contribution in [2.75, 3.05) is 5.32 Å². The van der Waals surface area contributed by atoms with Gasteiger partial charge in [0.15, 0.2) is 6.10 Å². The highest BCUT2D eigenvalue weighted by Crippen LogP contribution is 2.26. The van der Waals surface area contributed by atoms with Crippen LogP contribution in [0, 0.1) is 5.92 Å². The van der Waals surface area contributed by atoms with Crippen LogP contribution < -0.4 is 5.32 Å². The molecular weight excluding hydrogens is 266 g/mol. The number of hydrogen-bond donors (Lipinski definition) is 1. The molecule has 2 rings (SSSR count). The van der Waals surface area contributed by atoms with E-state index in [9.17, 15) is 9.59 Å². The minimum atomic E-state index is -0.763. The molecule has 0 bridgehead atoms. The molecule has 1 aliphatic rings. The maximum atomic E-state index is 12.0. The lowest BCUT2D eigenvalue weighted by atomic mass is 9.87. The van der Waals surface area contributed by atoms with Crippen LogP contribution in [-0.2, 0) is 14.3 Å². The van der Waals surface area contributed by atoms with Crippen molar-refractivity contribution in [3.05, 3.63) is 30.3 Å². The van der Waals surface area contributed by atoms with Crippen LogP contribution >= 0.6 is 0 Å². The summed E-state index contributed by atoms with van der Waals surface area (Å²) in [6, 6.07) is 9.16. The lowest BCUT2D eigenvalue weighted by molar-refractivity contribution is -0.154. The fraction of sp³-hybridized carbons (Fsp3) is 0.529. The Hall–Kier alpha value is -1.84. The molecule has 4 nitrogen and oxygen atoms in total. The summed E-state index contributed by atoms with van der Waals surface area (Å²) in [6.45, 7) is 1.61. The van der Waals surface area contributed by atoms with Crippen molar-refractivity contribution < 1.29 is 14.3 Å². The number of benzene rings is 1. The fourth-order valence-corrected chi connectivity index (χ4v) is 2.69. The predicted octanol–water partition coefficient (Wildman–Crippen LogP) is 3.53. The van der Waals surface area contributed by atoms with Gasteiger partial charge in [-0.15, -0.1) is 0 Å². The lowest BCUT2D eigenvalue weighted by Gasteiger charge is -2.21. The van der Waals surface area contributed by atoms with Crippen molar-refractivity contribution in [3.63, 3.8) is 0 Å². The summed E-state index contributed by atoms with van der Waals surface area (Å²) in [4.78, 5) is 23.8. The third-order valence-electron chi connectivity index (χ3n) is 3.90. The zero-order valence-corrected chi connectivity index (χ0v) is 12.5. The van der Waals surface area contributed by atoms with Crippen LogP contribution in [0.1, 0.15) is 45.4 Å². The van der Waals surface area contributed by atoms with Gasteiger partial charge in [-0.25, -0.2) is 0 Å². The Balaban J connectivity index is 1.75. The van der Waals surface area contributed by atoms with Gasteiger partial charge in [0, 0.05) is 12.1 Å². The summed E-state index contributed by atoms with van der Waals surface area (Å²) in [7, 11) is 0. The number of hydrogen-bond acceptors (Lipinski definition) is 3. The summed E-state index contributed by atoms with van der Waals surface area (Å²) in [5.41, 5.74) is 0.706. The van der Waals surface area contributed by atoms with Crippen LogP contribution in [0.25, 0.3) is 0 Å². The number of rotatable bonds is 5. The average Bonchev–Trinajstić information content (AvgIpc) is 2.49. The Morgan fingerprint density at radius 2 is 1.86 bits per heavy atom. The first-order chi connectivity index (χ1) is 10.1. The zero-order valence-electron chi connectivity index (χ0n) is 12.5. The number of ether oxygens (including phenoxy) is 1. The molecular formula is C17H23NO3. The Bertz CT molecular complexity index is 466. The van der Waals surface area contributed by atoms with Gasteiger partial charge in [0.1, 0.15) is 0 Å². The monoisotopic (exact) mass is 289 g/mol. The Labute approximate surface area is 125 Å². The van der Waals surface area contributed by atoms with Crippen LogP contribution in [0.5, 0.6) is 0 Å². The van der Waals surface area contributed by atoms with Gasteiger partial charge in [-0.3, -0.25) is 9.59 Å². The number of nitrogens with one attached hydrogen (secondary N) is 1. The van der Waals surface area contributed by atoms with Gasteiger partial charge in [-0.2, -0.15) is 0 Å². The molecule has 1 saturated carbocycles. The first-order valence-electron chi connectivity index (χ1n) is 7.70. The number of para-hydroxylation sites is 1. The quantitative estimate of drug-likeness (QED) is 0.844. The van der Waals surface area contributed by atoms with E-state index in [1.54, 1.807) is 19.1 Å². The lowest BCUT2D eigenvalue weighted by Crippen LogP contribution is -2.30. The molecule has 0 aliphatic heterocycles. The number of anilines is 1. The number of amides is 1. The summed E-state index contributed by atoms with van der Waals surface area (Å²) in [5.74, 6) is -0.133. The molecule has 21 heavy (non-hydrogen) atoms. The van der Waals surface area contributed by atoms with Crippen molar-refractivity contribution >= 4 is 17.6 Å². The third kappa shape index (κ3) is 5.21. The van der Waals surface area contributed by atoms with Crippen LogP contribution in [-0.4, -0.2) is 18.0 Å². The molecule has 114 valence electrons. The molecule has 1 unspecified atom stereocenters. The predicted molar refractivity (Wildman–Crippen MR) is 81.8 cm³/mol. The molecule has 0 radical (unpaired) electrons. The van der Waals surface area contributed by atoms with Crippen molar-refractivity contribution in [1.82, 2.24) is 0 Å². The van der Waals surface area contributed by atoms with Gasteiger partial charge in [0.05, 0.1) is 0 Å². The van der Waals surface area contributed by atoms with E-state index < -0.39 is 6.10 Å². The second kappa shape index (κ2) is 7.81. The average molecular weight is 289 g/mol. The minimum Gasteiger partial charge on any atom is -0.453 e. The van der Waals surface area contributed by atoms with Crippen molar-refractivity contribution in [2.45, 2.75) is 51.6 Å². The number of carbonyl (C=O) groups excluding carboxylic acids is 2. The van der Waals surface area contributed by atoms with Crippen LogP contribution in [0.2, 0.25) is 0 Å². The van der Waals surface area contributed by atoms with Gasteiger partial charge in [-0.1, -0.05) is 37.5 Å². The molecule has 0 spiro atoms. The molecule has 0 saturated heterocycles. The van der Waals surface area contributed by atoms with Crippen molar-refractivity contribution in [2.24, 2.45) is 5.92 Å². The van der Waals surface area contributed by atoms with E-state index in [0.29, 0.717) is 18.0 Å². The molecule has 0 heterocycles. The summed E-state index contributed by atoms with van der Waals surface area (Å²) in [6.07, 6.45) is 5.52. The van der Waals surface area contributed by atoms with Gasteiger partial charge in [0.25, 0.3) is 5.91 Å². The Kier molecular flexibility index (Phi) is 5.78. The van der Waals surface area contributed by atoms with Crippen molar-refractivity contribution in [3.8, 4) is 0 Å². The smallest absolute Gasteiger partial charge is 0.306 e. The van der Waals surface area contributed by atoms with Gasteiger partial charge < -0.3 is 10.1 Å². The van der Waals surface area contributed by atoms with Crippen molar-refractivity contribution in [1.29, 1.82) is 0 Å². The van der Waals surface area contributed by atoms with E-state index in [2.05, 4.69) is 5.32 Å². The van der Waals surface area contributed by atoms with Gasteiger partial charge in [-0.05, 0) is 37.8 Å². The first kappa shape index (κ1) is 15.5. The van der Waals surface area contributed by atoms with E-state index in [0.717, 1.165) is 12.8 Å². The topological polar surface area (TPSA) is 55.4 Å². The SMILES string of the molecule is CC(OC(=O)CC1CCCCC1)C(=O)Nc1ccccc1. The highest BCUT2D eigenvalue weighted by molar-refractivity contribution is 5.95. The molecule has 1 aromatic carbocycles. The van der Waals surface area contributed by atoms with E-state index >= 15 is 0 Å². The van der Waals surface area contributed by atoms with Gasteiger partial charge >= 0.3 is 5.97 Å². The summed E-state index contributed by atoms with van der Waals surface area (Å²) >= 11 is 0. The van der Waals surface area contributed by atoms with E-state index in [4.69, 9.17) is 4.74 Å². The van der Waals surface area contributed by atoms with Crippen LogP contribution in [0.15, 0.2) is 30.3 Å². The Morgan fingerprint density at radius 3 is 2.52 bits per heavy atom. The second-order valence-electron chi connectivity index (χ2n) is 5.70. The van der Waals surface area contributed by atoms with E-state index in [1.165, 1.54) is 19.3 Å². The third-order valence-corrected chi connectivity index (χ3v) is 3.90. The molecule has 1 aromatic rings. The minimum absolute atomic E-state index is 0.266. The molecule has 1 atom stereocenters. The largest absolute Gasteiger partial charge is 0.453 e. The summed E-state index contributed by atoms with van der Waals surface area (Å²) in [5, 5.41) is 2.73. The Morgan fingerprint density at radius 1 is 1.19 bits per heavy atom. The molecule has 0 aromatic heterocycles. The summed E-state index contributed by atoms with van der Waals surface area (Å²) < 4.78 is 5.24. The molecule has 1 fully saturated rings. The highest BCUT2D eigenvalue weighted by Gasteiger charge is 2.22. The first-order valence-corrected chi connectivity index (χ1v) is 7.70. The normalized spacial score (nSPS) is 17.0. The number of esters is 1. The highest BCUT2D eigenvalue weighted by atomic mass is 16.5.